The Morgan fingerprint density at radius 2 is 1.91 bits per heavy atom. The molecule has 1 aliphatic heterocycles. The normalized spacial score (nSPS) is 15.5. The molecule has 1 aromatic carbocycles. The number of nitrogens with one attached hydrogen (secondary N) is 1. The maximum Gasteiger partial charge on any atom is 0.255 e. The second kappa shape index (κ2) is 7.98. The number of carbonyl (C=O) groups is 1. The summed E-state index contributed by atoms with van der Waals surface area (Å²) in [5.74, 6) is -0.0377. The predicted molar refractivity (Wildman–Crippen MR) is 122 cm³/mol. The second-order valence-corrected chi connectivity index (χ2v) is 8.18. The van der Waals surface area contributed by atoms with Crippen LogP contribution in [0.25, 0.3) is 11.2 Å². The molecule has 0 fully saturated rings. The van der Waals surface area contributed by atoms with Gasteiger partial charge in [0.05, 0.1) is 48.4 Å². The Morgan fingerprint density at radius 3 is 2.76 bits per heavy atom. The highest BCUT2D eigenvalue weighted by Gasteiger charge is 2.32. The van der Waals surface area contributed by atoms with Crippen molar-refractivity contribution < 1.29 is 4.79 Å². The summed E-state index contributed by atoms with van der Waals surface area (Å²) >= 11 is 0. The van der Waals surface area contributed by atoms with E-state index >= 15 is 0 Å². The molecule has 1 atom stereocenters. The first kappa shape index (κ1) is 19.4. The summed E-state index contributed by atoms with van der Waals surface area (Å²) in [6.07, 6.45) is 6.85. The molecule has 0 aliphatic carbocycles. The first-order valence-electron chi connectivity index (χ1n) is 10.8. The minimum Gasteiger partial charge on any atom is -0.347 e. The monoisotopic (exact) mass is 435 g/mol. The predicted octanol–water partition coefficient (Wildman–Crippen LogP) is 3.39. The van der Waals surface area contributed by atoms with Gasteiger partial charge in [0.1, 0.15) is 5.52 Å². The van der Waals surface area contributed by atoms with Crippen molar-refractivity contribution in [3.63, 3.8) is 0 Å². The molecule has 5 aromatic rings. The van der Waals surface area contributed by atoms with Crippen LogP contribution in [0.3, 0.4) is 0 Å². The number of hydrogen-bond donors (Lipinski definition) is 1. The molecule has 5 heterocycles. The van der Waals surface area contributed by atoms with E-state index in [4.69, 9.17) is 0 Å². The molecule has 4 aromatic heterocycles. The smallest absolute Gasteiger partial charge is 0.255 e. The molecule has 0 spiro atoms. The number of benzene rings is 1. The highest BCUT2D eigenvalue weighted by molar-refractivity contribution is 5.96. The first-order chi connectivity index (χ1) is 16.3. The summed E-state index contributed by atoms with van der Waals surface area (Å²) in [6.45, 7) is 1.63. The van der Waals surface area contributed by atoms with Crippen LogP contribution in [-0.4, -0.2) is 46.8 Å². The number of hydrogen-bond acceptors (Lipinski definition) is 5. The third-order valence-corrected chi connectivity index (χ3v) is 6.08. The summed E-state index contributed by atoms with van der Waals surface area (Å²) in [7, 11) is 0. The number of imidazole rings is 2. The van der Waals surface area contributed by atoms with Crippen LogP contribution in [0.15, 0.2) is 79.6 Å². The number of fused-ring (bicyclic) bond motifs is 2. The van der Waals surface area contributed by atoms with Crippen molar-refractivity contribution >= 4 is 17.1 Å². The lowest BCUT2D eigenvalue weighted by Crippen LogP contribution is -2.38. The molecule has 33 heavy (non-hydrogen) atoms. The lowest BCUT2D eigenvalue weighted by molar-refractivity contribution is 0.0721. The van der Waals surface area contributed by atoms with Crippen molar-refractivity contribution in [2.75, 3.05) is 6.54 Å². The number of amides is 1. The largest absolute Gasteiger partial charge is 0.347 e. The van der Waals surface area contributed by atoms with Crippen molar-refractivity contribution in [2.24, 2.45) is 0 Å². The van der Waals surface area contributed by atoms with Crippen LogP contribution in [0.1, 0.15) is 38.9 Å². The third kappa shape index (κ3) is 3.55. The molecule has 1 unspecified atom stereocenters. The van der Waals surface area contributed by atoms with E-state index in [1.54, 1.807) is 25.0 Å². The Balaban J connectivity index is 1.28. The highest BCUT2D eigenvalue weighted by atomic mass is 16.2. The van der Waals surface area contributed by atoms with Crippen LogP contribution >= 0.6 is 0 Å². The topological polar surface area (TPSA) is 92.6 Å². The van der Waals surface area contributed by atoms with Gasteiger partial charge in [-0.1, -0.05) is 36.4 Å². The van der Waals surface area contributed by atoms with Gasteiger partial charge in [0.2, 0.25) is 0 Å². The van der Waals surface area contributed by atoms with Gasteiger partial charge in [0.15, 0.2) is 5.65 Å². The molecule has 8 nitrogen and oxygen atoms in total. The maximum absolute atomic E-state index is 13.5. The van der Waals surface area contributed by atoms with Crippen LogP contribution in [0, 0.1) is 0 Å². The van der Waals surface area contributed by atoms with E-state index in [2.05, 4.69) is 37.1 Å². The Labute approximate surface area is 190 Å². The van der Waals surface area contributed by atoms with Gasteiger partial charge in [-0.15, -0.1) is 0 Å². The minimum atomic E-state index is -0.0649. The van der Waals surface area contributed by atoms with E-state index in [-0.39, 0.29) is 11.8 Å². The average molecular weight is 435 g/mol. The number of rotatable bonds is 4. The number of pyridine rings is 2. The van der Waals surface area contributed by atoms with Crippen LogP contribution < -0.4 is 0 Å². The Bertz CT molecular complexity index is 1430. The standard InChI is InChI=1S/C25H21N7O/c33-25(31-13-20(17-6-2-1-3-7-17)23-22(14-31)28-15-29-23)18-10-21-24(27-11-18)32(16-30-21)12-19-8-4-5-9-26-19/h1-11,15-16,20H,12-14H2,(H,28,29). The Kier molecular flexibility index (Phi) is 4.68. The average Bonchev–Trinajstić information content (AvgIpc) is 3.51. The van der Waals surface area contributed by atoms with Gasteiger partial charge in [-0.3, -0.25) is 9.78 Å². The second-order valence-electron chi connectivity index (χ2n) is 8.18. The molecule has 6 rings (SSSR count). The van der Waals surface area contributed by atoms with E-state index in [0.29, 0.717) is 30.7 Å². The summed E-state index contributed by atoms with van der Waals surface area (Å²) in [5, 5.41) is 0. The number of H-pyrrole nitrogens is 1. The van der Waals surface area contributed by atoms with Gasteiger partial charge in [0, 0.05) is 24.9 Å². The van der Waals surface area contributed by atoms with Crippen molar-refractivity contribution in [2.45, 2.75) is 19.0 Å². The van der Waals surface area contributed by atoms with Gasteiger partial charge in [-0.05, 0) is 23.8 Å². The van der Waals surface area contributed by atoms with E-state index in [9.17, 15) is 4.79 Å². The number of aromatic amines is 1. The molecular formula is C25H21N7O. The highest BCUT2D eigenvalue weighted by Crippen LogP contribution is 2.32. The van der Waals surface area contributed by atoms with Crippen molar-refractivity contribution in [3.05, 3.63) is 108 Å². The molecule has 0 bridgehead atoms. The molecule has 0 saturated carbocycles. The fourth-order valence-corrected chi connectivity index (χ4v) is 4.45. The Hall–Kier alpha value is -4.33. The molecule has 1 aliphatic rings. The molecular weight excluding hydrogens is 414 g/mol. The van der Waals surface area contributed by atoms with Crippen LogP contribution in [-0.2, 0) is 13.1 Å². The molecule has 1 amide bonds. The van der Waals surface area contributed by atoms with E-state index in [0.717, 1.165) is 28.3 Å². The van der Waals surface area contributed by atoms with Crippen LogP contribution in [0.5, 0.6) is 0 Å². The van der Waals surface area contributed by atoms with Gasteiger partial charge >= 0.3 is 0 Å². The van der Waals surface area contributed by atoms with Crippen LogP contribution in [0.2, 0.25) is 0 Å². The van der Waals surface area contributed by atoms with E-state index in [1.807, 2.05) is 51.9 Å². The first-order valence-corrected chi connectivity index (χ1v) is 10.8. The van der Waals surface area contributed by atoms with Crippen molar-refractivity contribution in [3.8, 4) is 0 Å². The SMILES string of the molecule is O=C(c1cnc2c(c1)ncn2Cc1ccccn1)N1Cc2[nH]cnc2C(c2ccccc2)C1. The molecule has 8 heteroatoms. The fourth-order valence-electron chi connectivity index (χ4n) is 4.45. The zero-order valence-corrected chi connectivity index (χ0v) is 17.8. The zero-order chi connectivity index (χ0) is 22.2. The number of aromatic nitrogens is 6. The lowest BCUT2D eigenvalue weighted by Gasteiger charge is -2.32. The Morgan fingerprint density at radius 1 is 1.03 bits per heavy atom. The minimum absolute atomic E-state index is 0.0272. The van der Waals surface area contributed by atoms with Gasteiger partial charge in [0.25, 0.3) is 5.91 Å². The maximum atomic E-state index is 13.5. The molecule has 0 saturated heterocycles. The number of nitrogens with zero attached hydrogens (tertiary/aromatic N) is 6. The summed E-state index contributed by atoms with van der Waals surface area (Å²) < 4.78 is 1.94. The van der Waals surface area contributed by atoms with E-state index < -0.39 is 0 Å². The van der Waals surface area contributed by atoms with Crippen LogP contribution in [0.4, 0.5) is 0 Å². The molecule has 0 radical (unpaired) electrons. The third-order valence-electron chi connectivity index (χ3n) is 6.08. The summed E-state index contributed by atoms with van der Waals surface area (Å²) in [5.41, 5.74) is 5.99. The molecule has 162 valence electrons. The lowest BCUT2D eigenvalue weighted by atomic mass is 9.90. The summed E-state index contributed by atoms with van der Waals surface area (Å²) in [4.78, 5) is 36.5. The van der Waals surface area contributed by atoms with Gasteiger partial charge in [-0.2, -0.15) is 0 Å². The van der Waals surface area contributed by atoms with Gasteiger partial charge < -0.3 is 14.5 Å². The number of carbonyl (C=O) groups excluding carboxylic acids is 1. The fraction of sp³-hybridized carbons (Fsp3) is 0.160. The van der Waals surface area contributed by atoms with Crippen molar-refractivity contribution in [1.82, 2.24) is 34.4 Å². The summed E-state index contributed by atoms with van der Waals surface area (Å²) in [6, 6.07) is 17.8. The van der Waals surface area contributed by atoms with Crippen molar-refractivity contribution in [1.29, 1.82) is 0 Å². The quantitative estimate of drug-likeness (QED) is 0.467. The molecule has 1 N–H and O–H groups in total. The van der Waals surface area contributed by atoms with E-state index in [1.165, 1.54) is 0 Å². The zero-order valence-electron chi connectivity index (χ0n) is 17.8. The van der Waals surface area contributed by atoms with Gasteiger partial charge in [-0.25, -0.2) is 15.0 Å².